The third-order valence-corrected chi connectivity index (χ3v) is 2.21. The molecule has 2 N–H and O–H groups in total. The van der Waals surface area contributed by atoms with Crippen LogP contribution < -0.4 is 10.9 Å². The Kier molecular flexibility index (Phi) is 4.28. The van der Waals surface area contributed by atoms with Crippen LogP contribution in [-0.2, 0) is 0 Å². The summed E-state index contributed by atoms with van der Waals surface area (Å²) >= 11 is 0. The summed E-state index contributed by atoms with van der Waals surface area (Å²) in [6.45, 7) is 1.90. The lowest BCUT2D eigenvalue weighted by Crippen LogP contribution is -2.34. The fourth-order valence-corrected chi connectivity index (χ4v) is 1.23. The summed E-state index contributed by atoms with van der Waals surface area (Å²) in [5.41, 5.74) is 0.136. The van der Waals surface area contributed by atoms with Gasteiger partial charge in [-0.1, -0.05) is 6.92 Å². The maximum absolute atomic E-state index is 11.7. The van der Waals surface area contributed by atoms with Crippen LogP contribution >= 0.6 is 0 Å². The molecule has 1 aromatic rings. The third-order valence-electron chi connectivity index (χ3n) is 2.21. The summed E-state index contributed by atoms with van der Waals surface area (Å²) in [6.07, 6.45) is 2.34. The lowest BCUT2D eigenvalue weighted by atomic mass is 10.1. The molecular weight excluding hydrogens is 206 g/mol. The van der Waals surface area contributed by atoms with E-state index in [0.29, 0.717) is 12.0 Å². The number of aromatic amines is 1. The lowest BCUT2D eigenvalue weighted by molar-refractivity contribution is 0.0936. The summed E-state index contributed by atoms with van der Waals surface area (Å²) < 4.78 is 0. The predicted molar refractivity (Wildman–Crippen MR) is 58.8 cm³/mol. The number of rotatable bonds is 4. The summed E-state index contributed by atoms with van der Waals surface area (Å²) in [4.78, 5) is 24.9. The van der Waals surface area contributed by atoms with E-state index in [0.717, 1.165) is 0 Å². The quantitative estimate of drug-likeness (QED) is 0.785. The largest absolute Gasteiger partial charge is 0.348 e. The van der Waals surface area contributed by atoms with Gasteiger partial charge in [-0.3, -0.25) is 9.59 Å². The fourth-order valence-electron chi connectivity index (χ4n) is 1.23. The topological polar surface area (TPSA) is 85.8 Å². The highest BCUT2D eigenvalue weighted by atomic mass is 16.2. The zero-order valence-corrected chi connectivity index (χ0v) is 8.99. The van der Waals surface area contributed by atoms with E-state index in [2.05, 4.69) is 10.3 Å². The van der Waals surface area contributed by atoms with Gasteiger partial charge in [0.05, 0.1) is 18.1 Å². The molecule has 0 saturated carbocycles. The molecule has 0 aliphatic rings. The van der Waals surface area contributed by atoms with Crippen molar-refractivity contribution >= 4 is 5.91 Å². The molecule has 0 aromatic carbocycles. The molecule has 16 heavy (non-hydrogen) atoms. The Morgan fingerprint density at radius 3 is 2.88 bits per heavy atom. The molecular formula is C11H13N3O2. The van der Waals surface area contributed by atoms with Crippen molar-refractivity contribution in [1.82, 2.24) is 10.3 Å². The summed E-state index contributed by atoms with van der Waals surface area (Å²) in [6, 6.07) is 4.61. The van der Waals surface area contributed by atoms with Crippen LogP contribution in [0, 0.1) is 11.3 Å². The molecule has 1 atom stereocenters. The van der Waals surface area contributed by atoms with Gasteiger partial charge in [-0.25, -0.2) is 0 Å². The average Bonchev–Trinajstić information content (AvgIpc) is 2.29. The standard InChI is InChI=1S/C11H13N3O2/c1-2-9(5-6-12)14-11(16)8-3-4-10(15)13-7-8/h3-4,7,9H,2,5H2,1H3,(H,13,15)(H,14,16). The SMILES string of the molecule is CCC(CC#N)NC(=O)c1ccc(=O)[nH]c1. The van der Waals surface area contributed by atoms with Crippen LogP contribution in [0.5, 0.6) is 0 Å². The van der Waals surface area contributed by atoms with Gasteiger partial charge in [-0.15, -0.1) is 0 Å². The molecule has 1 unspecified atom stereocenters. The van der Waals surface area contributed by atoms with E-state index < -0.39 is 0 Å². The number of hydrogen-bond donors (Lipinski definition) is 2. The van der Waals surface area contributed by atoms with Crippen molar-refractivity contribution in [2.45, 2.75) is 25.8 Å². The minimum absolute atomic E-state index is 0.149. The molecule has 0 aliphatic carbocycles. The number of nitrogens with zero attached hydrogens (tertiary/aromatic N) is 1. The molecule has 0 fully saturated rings. The molecule has 84 valence electrons. The van der Waals surface area contributed by atoms with Gasteiger partial charge in [0, 0.05) is 18.3 Å². The zero-order chi connectivity index (χ0) is 12.0. The van der Waals surface area contributed by atoms with E-state index in [1.54, 1.807) is 0 Å². The number of pyridine rings is 1. The number of amides is 1. The molecule has 1 heterocycles. The monoisotopic (exact) mass is 219 g/mol. The van der Waals surface area contributed by atoms with Gasteiger partial charge >= 0.3 is 0 Å². The molecule has 0 aliphatic heterocycles. The number of carbonyl (C=O) groups is 1. The Labute approximate surface area is 93.1 Å². The van der Waals surface area contributed by atoms with Gasteiger partial charge in [0.2, 0.25) is 5.56 Å². The van der Waals surface area contributed by atoms with Gasteiger partial charge in [0.1, 0.15) is 0 Å². The second-order valence-electron chi connectivity index (χ2n) is 3.38. The minimum atomic E-state index is -0.279. The zero-order valence-electron chi connectivity index (χ0n) is 8.99. The van der Waals surface area contributed by atoms with Crippen LogP contribution in [0.1, 0.15) is 30.1 Å². The van der Waals surface area contributed by atoms with Crippen molar-refractivity contribution in [3.63, 3.8) is 0 Å². The van der Waals surface area contributed by atoms with E-state index >= 15 is 0 Å². The second kappa shape index (κ2) is 5.71. The van der Waals surface area contributed by atoms with E-state index in [9.17, 15) is 9.59 Å². The minimum Gasteiger partial charge on any atom is -0.348 e. The fraction of sp³-hybridized carbons (Fsp3) is 0.364. The smallest absolute Gasteiger partial charge is 0.253 e. The Bertz CT molecular complexity index is 439. The van der Waals surface area contributed by atoms with Crippen LogP contribution in [-0.4, -0.2) is 16.9 Å². The Morgan fingerprint density at radius 1 is 1.62 bits per heavy atom. The van der Waals surface area contributed by atoms with Crippen LogP contribution in [0.15, 0.2) is 23.1 Å². The number of H-pyrrole nitrogens is 1. The summed E-state index contributed by atoms with van der Waals surface area (Å²) in [7, 11) is 0. The third kappa shape index (κ3) is 3.24. The number of nitriles is 1. The molecule has 0 radical (unpaired) electrons. The number of nitrogens with one attached hydrogen (secondary N) is 2. The van der Waals surface area contributed by atoms with E-state index in [4.69, 9.17) is 5.26 Å². The van der Waals surface area contributed by atoms with Crippen molar-refractivity contribution in [2.24, 2.45) is 0 Å². The van der Waals surface area contributed by atoms with Gasteiger partial charge in [0.15, 0.2) is 0 Å². The van der Waals surface area contributed by atoms with Crippen LogP contribution in [0.3, 0.4) is 0 Å². The molecule has 0 spiro atoms. The van der Waals surface area contributed by atoms with E-state index in [1.807, 2.05) is 13.0 Å². The first-order chi connectivity index (χ1) is 7.67. The normalized spacial score (nSPS) is 11.5. The number of aromatic nitrogens is 1. The van der Waals surface area contributed by atoms with Crippen LogP contribution in [0.25, 0.3) is 0 Å². The average molecular weight is 219 g/mol. The molecule has 1 amide bonds. The molecule has 0 saturated heterocycles. The van der Waals surface area contributed by atoms with Gasteiger partial charge in [-0.05, 0) is 12.5 Å². The molecule has 5 nitrogen and oxygen atoms in total. The van der Waals surface area contributed by atoms with Crippen molar-refractivity contribution in [3.05, 3.63) is 34.2 Å². The first kappa shape index (κ1) is 12.0. The molecule has 1 aromatic heterocycles. The van der Waals surface area contributed by atoms with Crippen molar-refractivity contribution < 1.29 is 4.79 Å². The highest BCUT2D eigenvalue weighted by Crippen LogP contribution is 1.99. The van der Waals surface area contributed by atoms with E-state index in [-0.39, 0.29) is 23.9 Å². The van der Waals surface area contributed by atoms with Crippen molar-refractivity contribution in [2.75, 3.05) is 0 Å². The van der Waals surface area contributed by atoms with E-state index in [1.165, 1.54) is 18.3 Å². The number of carbonyl (C=O) groups excluding carboxylic acids is 1. The van der Waals surface area contributed by atoms with Gasteiger partial charge in [0.25, 0.3) is 5.91 Å². The highest BCUT2D eigenvalue weighted by Gasteiger charge is 2.11. The maximum Gasteiger partial charge on any atom is 0.253 e. The highest BCUT2D eigenvalue weighted by molar-refractivity contribution is 5.93. The molecule has 5 heteroatoms. The predicted octanol–water partition coefficient (Wildman–Crippen LogP) is 0.797. The van der Waals surface area contributed by atoms with Crippen LogP contribution in [0.4, 0.5) is 0 Å². The second-order valence-corrected chi connectivity index (χ2v) is 3.38. The van der Waals surface area contributed by atoms with Crippen molar-refractivity contribution in [3.8, 4) is 6.07 Å². The first-order valence-electron chi connectivity index (χ1n) is 5.04. The van der Waals surface area contributed by atoms with Gasteiger partial charge in [-0.2, -0.15) is 5.26 Å². The Hall–Kier alpha value is -2.09. The molecule has 1 rings (SSSR count). The first-order valence-corrected chi connectivity index (χ1v) is 5.04. The van der Waals surface area contributed by atoms with Crippen molar-refractivity contribution in [1.29, 1.82) is 5.26 Å². The Balaban J connectivity index is 2.68. The lowest BCUT2D eigenvalue weighted by Gasteiger charge is -2.13. The van der Waals surface area contributed by atoms with Crippen LogP contribution in [0.2, 0.25) is 0 Å². The maximum atomic E-state index is 11.7. The summed E-state index contributed by atoms with van der Waals surface area (Å²) in [5, 5.41) is 11.3. The molecule has 0 bridgehead atoms. The Morgan fingerprint density at radius 2 is 2.38 bits per heavy atom. The van der Waals surface area contributed by atoms with Gasteiger partial charge < -0.3 is 10.3 Å². The number of hydrogen-bond acceptors (Lipinski definition) is 3. The summed E-state index contributed by atoms with van der Waals surface area (Å²) in [5.74, 6) is -0.279.